The molecule has 3 heterocycles. The molecule has 2 aliphatic heterocycles. The fourth-order valence-electron chi connectivity index (χ4n) is 2.50. The first kappa shape index (κ1) is 14.1. The number of phenols is 2. The van der Waals surface area contributed by atoms with Gasteiger partial charge in [-0.1, -0.05) is 6.07 Å². The van der Waals surface area contributed by atoms with Crippen molar-refractivity contribution >= 4 is 11.9 Å². The molecule has 0 saturated heterocycles. The second-order valence-electron chi connectivity index (χ2n) is 5.19. The van der Waals surface area contributed by atoms with Crippen LogP contribution in [-0.2, 0) is 0 Å². The predicted octanol–water partition coefficient (Wildman–Crippen LogP) is 3.43. The van der Waals surface area contributed by atoms with Crippen LogP contribution in [-0.4, -0.2) is 27.1 Å². The van der Waals surface area contributed by atoms with Crippen LogP contribution < -0.4 is 4.74 Å². The summed E-state index contributed by atoms with van der Waals surface area (Å²) in [5.41, 5.74) is 3.31. The van der Waals surface area contributed by atoms with Gasteiger partial charge < -0.3 is 19.9 Å². The number of aromatic hydroxyl groups is 2. The molecule has 0 unspecified atom stereocenters. The van der Waals surface area contributed by atoms with E-state index in [1.807, 2.05) is 24.3 Å². The quantitative estimate of drug-likeness (QED) is 0.757. The molecule has 0 atom stereocenters. The normalized spacial score (nSPS) is 18.4. The Kier molecular flexibility index (Phi) is 3.28. The number of para-hydroxylation sites is 1. The molecule has 2 aliphatic rings. The fourth-order valence-corrected chi connectivity index (χ4v) is 2.50. The third-order valence-corrected chi connectivity index (χ3v) is 3.64. The van der Waals surface area contributed by atoms with Gasteiger partial charge in [0, 0.05) is 24.1 Å². The lowest BCUT2D eigenvalue weighted by molar-refractivity contribution is 0.369. The minimum absolute atomic E-state index is 0.164. The number of ether oxygens (including phenoxy) is 1. The van der Waals surface area contributed by atoms with Crippen molar-refractivity contribution in [1.82, 2.24) is 4.98 Å². The number of aromatic amines is 1. The molecule has 4 rings (SSSR count). The number of hydrogen-bond donors (Lipinski definition) is 3. The number of hydrogen-bond acceptors (Lipinski definition) is 5. The first-order valence-corrected chi connectivity index (χ1v) is 7.30. The molecule has 24 heavy (non-hydrogen) atoms. The van der Waals surface area contributed by atoms with E-state index in [-0.39, 0.29) is 17.2 Å². The van der Waals surface area contributed by atoms with Crippen molar-refractivity contribution < 1.29 is 14.9 Å². The summed E-state index contributed by atoms with van der Waals surface area (Å²) in [7, 11) is 0. The van der Waals surface area contributed by atoms with E-state index in [1.54, 1.807) is 30.6 Å². The number of benzene rings is 1. The topological polar surface area (TPSA) is 90.2 Å². The second kappa shape index (κ2) is 5.58. The van der Waals surface area contributed by atoms with E-state index in [9.17, 15) is 10.2 Å². The number of H-pyrrole nitrogens is 1. The molecule has 0 aliphatic carbocycles. The number of phenolic OH excluding ortho intramolecular Hbond substituents is 2. The third-order valence-electron chi connectivity index (χ3n) is 3.64. The van der Waals surface area contributed by atoms with E-state index in [0.717, 1.165) is 22.7 Å². The molecular formula is C18H13N3O3. The number of nitrogens with zero attached hydrogens (tertiary/aromatic N) is 2. The Bertz CT molecular complexity index is 948. The Balaban J connectivity index is 1.62. The van der Waals surface area contributed by atoms with E-state index < -0.39 is 0 Å². The van der Waals surface area contributed by atoms with Crippen LogP contribution in [0.4, 0.5) is 0 Å². The van der Waals surface area contributed by atoms with E-state index in [2.05, 4.69) is 15.0 Å². The predicted molar refractivity (Wildman–Crippen MR) is 91.0 cm³/mol. The Hall–Kier alpha value is -3.54. The van der Waals surface area contributed by atoms with Crippen LogP contribution in [0.1, 0.15) is 5.69 Å². The summed E-state index contributed by atoms with van der Waals surface area (Å²) in [6, 6.07) is 8.11. The van der Waals surface area contributed by atoms with Crippen LogP contribution in [0.15, 0.2) is 76.0 Å². The van der Waals surface area contributed by atoms with Gasteiger partial charge in [0.25, 0.3) is 0 Å². The highest BCUT2D eigenvalue weighted by Crippen LogP contribution is 2.37. The second-order valence-corrected chi connectivity index (χ2v) is 5.19. The molecule has 0 fully saturated rings. The first-order valence-electron chi connectivity index (χ1n) is 7.30. The summed E-state index contributed by atoms with van der Waals surface area (Å²) in [5.74, 6) is 0.0513. The van der Waals surface area contributed by atoms with Crippen LogP contribution >= 0.6 is 0 Å². The van der Waals surface area contributed by atoms with E-state index in [0.29, 0.717) is 5.88 Å². The van der Waals surface area contributed by atoms with Crippen LogP contribution in [0, 0.1) is 0 Å². The molecule has 2 aromatic rings. The van der Waals surface area contributed by atoms with Gasteiger partial charge in [0.05, 0.1) is 17.1 Å². The highest BCUT2D eigenvalue weighted by atomic mass is 16.5. The van der Waals surface area contributed by atoms with Crippen LogP contribution in [0.5, 0.6) is 23.1 Å². The van der Waals surface area contributed by atoms with Gasteiger partial charge in [-0.15, -0.1) is 0 Å². The number of allylic oxidation sites excluding steroid dienone is 4. The minimum atomic E-state index is -0.304. The van der Waals surface area contributed by atoms with Gasteiger partial charge in [-0.2, -0.15) is 0 Å². The van der Waals surface area contributed by atoms with Crippen molar-refractivity contribution in [3.05, 3.63) is 71.7 Å². The highest BCUT2D eigenvalue weighted by molar-refractivity contribution is 6.16. The van der Waals surface area contributed by atoms with E-state index >= 15 is 0 Å². The lowest BCUT2D eigenvalue weighted by Crippen LogP contribution is -2.02. The summed E-state index contributed by atoms with van der Waals surface area (Å²) in [6.07, 6.45) is 9.16. The van der Waals surface area contributed by atoms with E-state index in [4.69, 9.17) is 4.74 Å². The molecule has 3 N–H and O–H groups in total. The van der Waals surface area contributed by atoms with Crippen molar-refractivity contribution in [2.24, 2.45) is 9.98 Å². The van der Waals surface area contributed by atoms with Crippen molar-refractivity contribution in [2.75, 3.05) is 0 Å². The summed E-state index contributed by atoms with van der Waals surface area (Å²) in [5, 5.41) is 19.3. The van der Waals surface area contributed by atoms with Crippen molar-refractivity contribution in [1.29, 1.82) is 0 Å². The van der Waals surface area contributed by atoms with Crippen LogP contribution in [0.2, 0.25) is 0 Å². The van der Waals surface area contributed by atoms with Crippen LogP contribution in [0.3, 0.4) is 0 Å². The maximum atomic E-state index is 9.81. The average molecular weight is 319 g/mol. The smallest absolute Gasteiger partial charge is 0.201 e. The van der Waals surface area contributed by atoms with Gasteiger partial charge >= 0.3 is 0 Å². The SMILES string of the molecule is Oc1cccc(Oc2ccc(C3=NC=CC3=C3C=CC=N3)[nH]2)c1O. The standard InChI is InChI=1S/C18H13N3O3/c22-14-4-1-5-15(18(14)23)24-16-7-6-13(21-16)17-11(8-10-20-17)12-3-2-9-19-12/h1-10,21-23H. The molecule has 0 saturated carbocycles. The van der Waals surface area contributed by atoms with Gasteiger partial charge in [-0.05, 0) is 36.4 Å². The van der Waals surface area contributed by atoms with E-state index in [1.165, 1.54) is 6.07 Å². The molecule has 0 amide bonds. The molecule has 118 valence electrons. The summed E-state index contributed by atoms with van der Waals surface area (Å²) in [6.45, 7) is 0. The minimum Gasteiger partial charge on any atom is -0.504 e. The van der Waals surface area contributed by atoms with Crippen LogP contribution in [0.25, 0.3) is 0 Å². The molecule has 0 bridgehead atoms. The van der Waals surface area contributed by atoms with Crippen molar-refractivity contribution in [3.8, 4) is 23.1 Å². The monoisotopic (exact) mass is 319 g/mol. The first-order chi connectivity index (χ1) is 11.7. The zero-order valence-electron chi connectivity index (χ0n) is 12.5. The molecule has 0 radical (unpaired) electrons. The molecule has 1 aromatic heterocycles. The number of aliphatic imine (C=N–C) groups is 2. The lowest BCUT2D eigenvalue weighted by atomic mass is 10.1. The maximum Gasteiger partial charge on any atom is 0.201 e. The third kappa shape index (κ3) is 2.40. The molecule has 0 spiro atoms. The molecular weight excluding hydrogens is 306 g/mol. The van der Waals surface area contributed by atoms with Gasteiger partial charge in [0.1, 0.15) is 0 Å². The molecule has 1 aromatic carbocycles. The Morgan fingerprint density at radius 2 is 1.96 bits per heavy atom. The van der Waals surface area contributed by atoms with Crippen molar-refractivity contribution in [2.45, 2.75) is 0 Å². The number of aromatic nitrogens is 1. The average Bonchev–Trinajstić information content (AvgIpc) is 3.30. The highest BCUT2D eigenvalue weighted by Gasteiger charge is 2.18. The van der Waals surface area contributed by atoms with Gasteiger partial charge in [0.2, 0.25) is 5.75 Å². The Morgan fingerprint density at radius 1 is 1.04 bits per heavy atom. The molecule has 6 nitrogen and oxygen atoms in total. The maximum absolute atomic E-state index is 9.81. The largest absolute Gasteiger partial charge is 0.504 e. The van der Waals surface area contributed by atoms with Crippen molar-refractivity contribution in [3.63, 3.8) is 0 Å². The fraction of sp³-hybridized carbons (Fsp3) is 0. The van der Waals surface area contributed by atoms with Gasteiger partial charge in [0.15, 0.2) is 17.4 Å². The zero-order valence-corrected chi connectivity index (χ0v) is 12.5. The zero-order chi connectivity index (χ0) is 16.5. The number of rotatable bonds is 3. The Morgan fingerprint density at radius 3 is 2.79 bits per heavy atom. The molecule has 6 heteroatoms. The Labute approximate surface area is 137 Å². The number of nitrogens with one attached hydrogen (secondary N) is 1. The lowest BCUT2D eigenvalue weighted by Gasteiger charge is -2.07. The van der Waals surface area contributed by atoms with Gasteiger partial charge in [-0.3, -0.25) is 9.98 Å². The summed E-state index contributed by atoms with van der Waals surface area (Å²) in [4.78, 5) is 11.8. The summed E-state index contributed by atoms with van der Waals surface area (Å²) >= 11 is 0. The van der Waals surface area contributed by atoms with Gasteiger partial charge in [-0.25, -0.2) is 0 Å². The summed E-state index contributed by atoms with van der Waals surface area (Å²) < 4.78 is 5.59.